The third-order valence-electron chi connectivity index (χ3n) is 4.20. The maximum Gasteiger partial charge on any atom is 0.246 e. The summed E-state index contributed by atoms with van der Waals surface area (Å²) in [4.78, 5) is 27.0. The van der Waals surface area contributed by atoms with Gasteiger partial charge in [-0.25, -0.2) is 0 Å². The number of hydrogen-bond acceptors (Lipinski definition) is 6. The molecular weight excluding hydrogens is 338 g/mol. The quantitative estimate of drug-likeness (QED) is 0.703. The maximum atomic E-state index is 12.4. The highest BCUT2D eigenvalue weighted by molar-refractivity contribution is 5.92. The highest BCUT2D eigenvalue weighted by Gasteiger charge is 2.21. The number of carbonyl (C=O) groups is 2. The van der Waals surface area contributed by atoms with Crippen molar-refractivity contribution in [2.75, 3.05) is 54.1 Å². The van der Waals surface area contributed by atoms with E-state index in [0.29, 0.717) is 49.0 Å². The molecule has 1 saturated heterocycles. The molecule has 1 aromatic rings. The Labute approximate surface area is 153 Å². The van der Waals surface area contributed by atoms with Crippen LogP contribution in [0.25, 0.3) is 6.08 Å². The largest absolute Gasteiger partial charge is 0.493 e. The van der Waals surface area contributed by atoms with Gasteiger partial charge in [-0.15, -0.1) is 0 Å². The summed E-state index contributed by atoms with van der Waals surface area (Å²) in [5.41, 5.74) is 5.91. The third-order valence-corrected chi connectivity index (χ3v) is 4.20. The van der Waals surface area contributed by atoms with Crippen LogP contribution in [0.5, 0.6) is 17.2 Å². The monoisotopic (exact) mass is 363 g/mol. The van der Waals surface area contributed by atoms with Gasteiger partial charge in [0.1, 0.15) is 0 Å². The number of hydrogen-bond donors (Lipinski definition) is 1. The fourth-order valence-electron chi connectivity index (χ4n) is 2.87. The van der Waals surface area contributed by atoms with Crippen LogP contribution in [-0.4, -0.2) is 75.7 Å². The number of rotatable bonds is 7. The minimum Gasteiger partial charge on any atom is -0.493 e. The number of nitrogens with two attached hydrogens (primary N) is 1. The van der Waals surface area contributed by atoms with E-state index >= 15 is 0 Å². The van der Waals surface area contributed by atoms with Crippen LogP contribution in [0.3, 0.4) is 0 Å². The highest BCUT2D eigenvalue weighted by Crippen LogP contribution is 2.40. The fraction of sp³-hybridized carbons (Fsp3) is 0.444. The summed E-state index contributed by atoms with van der Waals surface area (Å²) in [6.45, 7) is 2.59. The van der Waals surface area contributed by atoms with Gasteiger partial charge in [-0.05, 0) is 18.2 Å². The van der Waals surface area contributed by atoms with E-state index in [9.17, 15) is 9.59 Å². The van der Waals surface area contributed by atoms with Gasteiger partial charge in [-0.2, -0.15) is 0 Å². The van der Waals surface area contributed by atoms with Crippen molar-refractivity contribution in [1.82, 2.24) is 9.80 Å². The van der Waals surface area contributed by atoms with Crippen molar-refractivity contribution in [2.24, 2.45) is 5.73 Å². The molecule has 8 heteroatoms. The number of piperazine rings is 1. The van der Waals surface area contributed by atoms with E-state index in [2.05, 4.69) is 0 Å². The van der Waals surface area contributed by atoms with Crippen LogP contribution in [0.4, 0.5) is 0 Å². The first kappa shape index (κ1) is 19.6. The van der Waals surface area contributed by atoms with Crippen molar-refractivity contribution in [3.63, 3.8) is 0 Å². The number of ether oxygens (including phenoxy) is 3. The Kier molecular flexibility index (Phi) is 6.85. The van der Waals surface area contributed by atoms with Gasteiger partial charge in [-0.3, -0.25) is 14.5 Å². The second-order valence-corrected chi connectivity index (χ2v) is 5.82. The summed E-state index contributed by atoms with van der Waals surface area (Å²) in [5, 5.41) is 0. The summed E-state index contributed by atoms with van der Waals surface area (Å²) in [5.74, 6) is 1.08. The molecule has 2 N–H and O–H groups in total. The number of nitrogens with zero attached hydrogens (tertiary/aromatic N) is 2. The maximum absolute atomic E-state index is 12.4. The van der Waals surface area contributed by atoms with E-state index in [0.717, 1.165) is 0 Å². The van der Waals surface area contributed by atoms with Crippen molar-refractivity contribution >= 4 is 17.9 Å². The molecule has 142 valence electrons. The molecular formula is C18H25N3O5. The molecule has 0 saturated carbocycles. The molecule has 0 spiro atoms. The van der Waals surface area contributed by atoms with Crippen molar-refractivity contribution in [3.8, 4) is 17.2 Å². The molecule has 8 nitrogen and oxygen atoms in total. The van der Waals surface area contributed by atoms with E-state index in [4.69, 9.17) is 19.9 Å². The predicted octanol–water partition coefficient (Wildman–Crippen LogP) is 0.355. The summed E-state index contributed by atoms with van der Waals surface area (Å²) >= 11 is 0. The van der Waals surface area contributed by atoms with Crippen LogP contribution in [0.15, 0.2) is 18.2 Å². The van der Waals surface area contributed by atoms with Gasteiger partial charge in [0.05, 0.1) is 27.9 Å². The van der Waals surface area contributed by atoms with Crippen molar-refractivity contribution < 1.29 is 23.8 Å². The van der Waals surface area contributed by atoms with Crippen molar-refractivity contribution in [3.05, 3.63) is 23.8 Å². The van der Waals surface area contributed by atoms with Crippen molar-refractivity contribution in [2.45, 2.75) is 0 Å². The first-order valence-electron chi connectivity index (χ1n) is 8.26. The normalized spacial score (nSPS) is 15.1. The van der Waals surface area contributed by atoms with E-state index in [1.54, 1.807) is 30.2 Å². The Balaban J connectivity index is 2.06. The Morgan fingerprint density at radius 3 is 2.23 bits per heavy atom. The average Bonchev–Trinajstić information content (AvgIpc) is 2.65. The Morgan fingerprint density at radius 2 is 1.69 bits per heavy atom. The van der Waals surface area contributed by atoms with E-state index < -0.39 is 0 Å². The van der Waals surface area contributed by atoms with E-state index in [1.807, 2.05) is 4.90 Å². The summed E-state index contributed by atoms with van der Waals surface area (Å²) in [6.07, 6.45) is 3.20. The first-order valence-corrected chi connectivity index (χ1v) is 8.26. The topological polar surface area (TPSA) is 94.3 Å². The lowest BCUT2D eigenvalue weighted by atomic mass is 10.1. The first-order chi connectivity index (χ1) is 12.5. The van der Waals surface area contributed by atoms with E-state index in [1.165, 1.54) is 20.3 Å². The van der Waals surface area contributed by atoms with Crippen LogP contribution in [-0.2, 0) is 9.59 Å². The van der Waals surface area contributed by atoms with Gasteiger partial charge in [0.15, 0.2) is 11.5 Å². The molecule has 26 heavy (non-hydrogen) atoms. The van der Waals surface area contributed by atoms with Gasteiger partial charge in [0.2, 0.25) is 17.6 Å². The van der Waals surface area contributed by atoms with Crippen LogP contribution in [0, 0.1) is 0 Å². The molecule has 0 bridgehead atoms. The smallest absolute Gasteiger partial charge is 0.246 e. The predicted molar refractivity (Wildman–Crippen MR) is 97.3 cm³/mol. The molecule has 0 unspecified atom stereocenters. The second-order valence-electron chi connectivity index (χ2n) is 5.82. The van der Waals surface area contributed by atoms with Crippen LogP contribution < -0.4 is 19.9 Å². The zero-order valence-electron chi connectivity index (χ0n) is 15.4. The number of primary amides is 1. The zero-order chi connectivity index (χ0) is 19.1. The van der Waals surface area contributed by atoms with E-state index in [-0.39, 0.29) is 18.4 Å². The Bertz CT molecular complexity index is 682. The average molecular weight is 363 g/mol. The molecule has 2 rings (SSSR count). The summed E-state index contributed by atoms with van der Waals surface area (Å²) in [6, 6.07) is 3.56. The molecule has 1 aliphatic heterocycles. The SMILES string of the molecule is COc1ccc(/C=C/C(=O)N2CCN(CC(N)=O)CC2)c(OC)c1OC. The summed E-state index contributed by atoms with van der Waals surface area (Å²) < 4.78 is 16.0. The third kappa shape index (κ3) is 4.66. The van der Waals surface area contributed by atoms with Gasteiger partial charge in [0, 0.05) is 37.8 Å². The lowest BCUT2D eigenvalue weighted by Gasteiger charge is -2.33. The number of methoxy groups -OCH3 is 3. The number of carbonyl (C=O) groups excluding carboxylic acids is 2. The van der Waals surface area contributed by atoms with Crippen LogP contribution >= 0.6 is 0 Å². The van der Waals surface area contributed by atoms with Gasteiger partial charge in [-0.1, -0.05) is 0 Å². The molecule has 0 radical (unpaired) electrons. The minimum absolute atomic E-state index is 0.0967. The number of benzene rings is 1. The summed E-state index contributed by atoms with van der Waals surface area (Å²) in [7, 11) is 4.62. The Hall–Kier alpha value is -2.74. The molecule has 0 atom stereocenters. The van der Waals surface area contributed by atoms with Gasteiger partial charge < -0.3 is 24.8 Å². The molecule has 1 fully saturated rings. The lowest BCUT2D eigenvalue weighted by Crippen LogP contribution is -2.50. The zero-order valence-corrected chi connectivity index (χ0v) is 15.4. The highest BCUT2D eigenvalue weighted by atomic mass is 16.5. The lowest BCUT2D eigenvalue weighted by molar-refractivity contribution is -0.128. The van der Waals surface area contributed by atoms with Gasteiger partial charge in [0.25, 0.3) is 0 Å². The van der Waals surface area contributed by atoms with Crippen molar-refractivity contribution in [1.29, 1.82) is 0 Å². The molecule has 1 heterocycles. The molecule has 2 amide bonds. The van der Waals surface area contributed by atoms with Crippen LogP contribution in [0.2, 0.25) is 0 Å². The molecule has 0 aromatic heterocycles. The molecule has 0 aliphatic carbocycles. The standard InChI is InChI=1S/C18H25N3O5/c1-24-14-6-4-13(17(25-2)18(14)26-3)5-7-16(23)21-10-8-20(9-11-21)12-15(19)22/h4-7H,8-12H2,1-3H3,(H2,19,22)/b7-5+. The van der Waals surface area contributed by atoms with Gasteiger partial charge >= 0.3 is 0 Å². The Morgan fingerprint density at radius 1 is 1.04 bits per heavy atom. The molecule has 1 aliphatic rings. The van der Waals surface area contributed by atoms with Crippen LogP contribution in [0.1, 0.15) is 5.56 Å². The second kappa shape index (κ2) is 9.10. The number of amides is 2. The minimum atomic E-state index is -0.356. The fourth-order valence-corrected chi connectivity index (χ4v) is 2.87. The molecule has 1 aromatic carbocycles.